The van der Waals surface area contributed by atoms with E-state index in [1.54, 1.807) is 10.9 Å². The summed E-state index contributed by atoms with van der Waals surface area (Å²) in [7, 11) is 1.53. The van der Waals surface area contributed by atoms with Crippen molar-refractivity contribution in [2.24, 2.45) is 5.73 Å². The number of aliphatic hydroxyl groups is 1. The summed E-state index contributed by atoms with van der Waals surface area (Å²) in [6, 6.07) is -0.564. The summed E-state index contributed by atoms with van der Waals surface area (Å²) in [6.45, 7) is 0.00128. The minimum atomic E-state index is -0.983. The van der Waals surface area contributed by atoms with Gasteiger partial charge >= 0.3 is 0 Å². The molecule has 2 aromatic rings. The number of hydrogen-bond donors (Lipinski definition) is 3. The SMILES string of the molecule is CO[C@]1(n2cnc3c(N)ncnc32)CO[C@H](CO)[C@H]1N. The lowest BCUT2D eigenvalue weighted by Gasteiger charge is -2.32. The molecule has 1 aliphatic heterocycles. The summed E-state index contributed by atoms with van der Waals surface area (Å²) < 4.78 is 12.8. The Labute approximate surface area is 114 Å². The van der Waals surface area contributed by atoms with Gasteiger partial charge in [0.25, 0.3) is 0 Å². The van der Waals surface area contributed by atoms with Crippen molar-refractivity contribution in [2.75, 3.05) is 26.1 Å². The summed E-state index contributed by atoms with van der Waals surface area (Å²) >= 11 is 0. The second kappa shape index (κ2) is 4.63. The maximum atomic E-state index is 9.29. The average Bonchev–Trinajstić information content (AvgIpc) is 3.02. The van der Waals surface area contributed by atoms with Crippen LogP contribution in [-0.4, -0.2) is 57.1 Å². The van der Waals surface area contributed by atoms with Crippen LogP contribution in [-0.2, 0) is 15.2 Å². The van der Waals surface area contributed by atoms with Crippen LogP contribution in [0.25, 0.3) is 11.2 Å². The van der Waals surface area contributed by atoms with Crippen molar-refractivity contribution in [3.8, 4) is 0 Å². The quantitative estimate of drug-likeness (QED) is 0.613. The smallest absolute Gasteiger partial charge is 0.188 e. The summed E-state index contributed by atoms with van der Waals surface area (Å²) in [5, 5.41) is 9.29. The summed E-state index contributed by atoms with van der Waals surface area (Å²) in [6.07, 6.45) is 2.39. The van der Waals surface area contributed by atoms with Gasteiger partial charge in [-0.1, -0.05) is 0 Å². The molecule has 5 N–H and O–H groups in total. The Bertz CT molecular complexity index is 632. The number of methoxy groups -OCH3 is 1. The number of hydrogen-bond acceptors (Lipinski definition) is 8. The number of nitrogen functional groups attached to an aromatic ring is 1. The van der Waals surface area contributed by atoms with Gasteiger partial charge in [0.1, 0.15) is 17.9 Å². The molecular weight excluding hydrogens is 264 g/mol. The van der Waals surface area contributed by atoms with Gasteiger partial charge in [-0.05, 0) is 0 Å². The van der Waals surface area contributed by atoms with Crippen molar-refractivity contribution >= 4 is 17.0 Å². The van der Waals surface area contributed by atoms with E-state index in [-0.39, 0.29) is 19.0 Å². The molecule has 3 atom stereocenters. The van der Waals surface area contributed by atoms with Crippen LogP contribution in [0.1, 0.15) is 0 Å². The van der Waals surface area contributed by atoms with Gasteiger partial charge in [-0.2, -0.15) is 0 Å². The van der Waals surface area contributed by atoms with Crippen LogP contribution in [0.2, 0.25) is 0 Å². The number of nitrogens with zero attached hydrogens (tertiary/aromatic N) is 4. The zero-order chi connectivity index (χ0) is 14.3. The normalized spacial score (nSPS) is 30.1. The number of aromatic nitrogens is 4. The Balaban J connectivity index is 2.15. The van der Waals surface area contributed by atoms with Gasteiger partial charge in [0, 0.05) is 7.11 Å². The first-order valence-corrected chi connectivity index (χ1v) is 6.11. The fourth-order valence-electron chi connectivity index (χ4n) is 2.54. The molecule has 0 amide bonds. The average molecular weight is 280 g/mol. The molecule has 0 bridgehead atoms. The molecule has 1 saturated heterocycles. The molecule has 9 nitrogen and oxygen atoms in total. The number of rotatable bonds is 3. The number of ether oxygens (including phenoxy) is 2. The first-order chi connectivity index (χ1) is 9.64. The lowest BCUT2D eigenvalue weighted by molar-refractivity contribution is -0.0862. The van der Waals surface area contributed by atoms with Crippen LogP contribution in [0.5, 0.6) is 0 Å². The maximum absolute atomic E-state index is 9.29. The molecule has 0 unspecified atom stereocenters. The van der Waals surface area contributed by atoms with E-state index in [1.165, 1.54) is 13.4 Å². The largest absolute Gasteiger partial charge is 0.394 e. The van der Waals surface area contributed by atoms with Crippen LogP contribution in [0.4, 0.5) is 5.82 Å². The van der Waals surface area contributed by atoms with Gasteiger partial charge in [-0.25, -0.2) is 15.0 Å². The van der Waals surface area contributed by atoms with E-state index < -0.39 is 17.9 Å². The van der Waals surface area contributed by atoms with Gasteiger partial charge in [-0.3, -0.25) is 4.57 Å². The molecule has 1 aliphatic rings. The maximum Gasteiger partial charge on any atom is 0.188 e. The first-order valence-electron chi connectivity index (χ1n) is 6.11. The highest BCUT2D eigenvalue weighted by Gasteiger charge is 2.50. The number of anilines is 1. The summed E-state index contributed by atoms with van der Waals surface area (Å²) in [4.78, 5) is 12.3. The van der Waals surface area contributed by atoms with Gasteiger partial charge < -0.3 is 26.0 Å². The van der Waals surface area contributed by atoms with Gasteiger partial charge in [0.15, 0.2) is 17.2 Å². The predicted octanol–water partition coefficient (Wildman–Crippen LogP) is -1.57. The fraction of sp³-hybridized carbons (Fsp3) is 0.545. The standard InChI is InChI=1S/C11H16N6O3/c1-19-11(3-20-6(2-18)8(11)12)17-5-16-7-9(13)14-4-15-10(7)17/h4-6,8,18H,2-3,12H2,1H3,(H2,13,14,15)/t6-,8-,11-/m1/s1. The topological polar surface area (TPSA) is 134 Å². The highest BCUT2D eigenvalue weighted by molar-refractivity contribution is 5.81. The van der Waals surface area contributed by atoms with Crippen molar-refractivity contribution in [3.63, 3.8) is 0 Å². The molecule has 0 aliphatic carbocycles. The number of imidazole rings is 1. The van der Waals surface area contributed by atoms with E-state index in [0.29, 0.717) is 11.2 Å². The zero-order valence-corrected chi connectivity index (χ0v) is 10.9. The van der Waals surface area contributed by atoms with E-state index in [4.69, 9.17) is 20.9 Å². The lowest BCUT2D eigenvalue weighted by atomic mass is 10.0. The molecule has 9 heteroatoms. The van der Waals surface area contributed by atoms with Gasteiger partial charge in [0.05, 0.1) is 25.6 Å². The number of fused-ring (bicyclic) bond motifs is 1. The van der Waals surface area contributed by atoms with Crippen LogP contribution < -0.4 is 11.5 Å². The van der Waals surface area contributed by atoms with Crippen LogP contribution >= 0.6 is 0 Å². The van der Waals surface area contributed by atoms with E-state index in [9.17, 15) is 5.11 Å². The first kappa shape index (κ1) is 13.2. The van der Waals surface area contributed by atoms with E-state index in [1.807, 2.05) is 0 Å². The predicted molar refractivity (Wildman–Crippen MR) is 69.5 cm³/mol. The second-order valence-corrected chi connectivity index (χ2v) is 4.65. The van der Waals surface area contributed by atoms with Crippen LogP contribution in [0.15, 0.2) is 12.7 Å². The molecule has 0 saturated carbocycles. The Morgan fingerprint density at radius 3 is 3.00 bits per heavy atom. The van der Waals surface area contributed by atoms with E-state index >= 15 is 0 Å². The van der Waals surface area contributed by atoms with Crippen molar-refractivity contribution in [2.45, 2.75) is 17.9 Å². The third kappa shape index (κ3) is 1.61. The monoisotopic (exact) mass is 280 g/mol. The molecule has 1 fully saturated rings. The van der Waals surface area contributed by atoms with Crippen LogP contribution in [0, 0.1) is 0 Å². The van der Waals surface area contributed by atoms with E-state index in [0.717, 1.165) is 0 Å². The Morgan fingerprint density at radius 2 is 2.35 bits per heavy atom. The highest BCUT2D eigenvalue weighted by atomic mass is 16.6. The number of nitrogens with two attached hydrogens (primary N) is 2. The molecular formula is C11H16N6O3. The molecule has 0 aromatic carbocycles. The van der Waals surface area contributed by atoms with Crippen molar-refractivity contribution < 1.29 is 14.6 Å². The molecule has 0 spiro atoms. The van der Waals surface area contributed by atoms with E-state index in [2.05, 4.69) is 15.0 Å². The molecule has 0 radical (unpaired) electrons. The molecule has 20 heavy (non-hydrogen) atoms. The number of aliphatic hydroxyl groups excluding tert-OH is 1. The third-order valence-corrected chi connectivity index (χ3v) is 3.73. The van der Waals surface area contributed by atoms with Gasteiger partial charge in [0.2, 0.25) is 0 Å². The molecule has 108 valence electrons. The van der Waals surface area contributed by atoms with Gasteiger partial charge in [-0.15, -0.1) is 0 Å². The van der Waals surface area contributed by atoms with Crippen molar-refractivity contribution in [1.29, 1.82) is 0 Å². The van der Waals surface area contributed by atoms with Crippen molar-refractivity contribution in [1.82, 2.24) is 19.5 Å². The fourth-order valence-corrected chi connectivity index (χ4v) is 2.54. The molecule has 3 rings (SSSR count). The third-order valence-electron chi connectivity index (χ3n) is 3.73. The zero-order valence-electron chi connectivity index (χ0n) is 10.9. The van der Waals surface area contributed by atoms with Crippen LogP contribution in [0.3, 0.4) is 0 Å². The summed E-state index contributed by atoms with van der Waals surface area (Å²) in [5.41, 5.74) is 11.9. The Morgan fingerprint density at radius 1 is 1.55 bits per heavy atom. The molecule has 3 heterocycles. The van der Waals surface area contributed by atoms with Crippen molar-refractivity contribution in [3.05, 3.63) is 12.7 Å². The lowest BCUT2D eigenvalue weighted by Crippen LogP contribution is -2.53. The molecule has 2 aromatic heterocycles. The minimum Gasteiger partial charge on any atom is -0.394 e. The summed E-state index contributed by atoms with van der Waals surface area (Å²) in [5.74, 6) is 0.284. The highest BCUT2D eigenvalue weighted by Crippen LogP contribution is 2.33. The second-order valence-electron chi connectivity index (χ2n) is 4.65. The Kier molecular flexibility index (Phi) is 3.05. The minimum absolute atomic E-state index is 0.184. The Hall–Kier alpha value is -1.81.